The van der Waals surface area contributed by atoms with Crippen molar-refractivity contribution in [2.24, 2.45) is 7.05 Å². The van der Waals surface area contributed by atoms with Crippen LogP contribution in [0.25, 0.3) is 22.0 Å². The van der Waals surface area contributed by atoms with E-state index < -0.39 is 5.60 Å². The average molecular weight is 586 g/mol. The molecule has 5 rings (SSSR count). The Morgan fingerprint density at radius 3 is 2.70 bits per heavy atom. The molecule has 2 aromatic heterocycles. The lowest BCUT2D eigenvalue weighted by atomic mass is 10.00. The molecule has 210 valence electrons. The molecule has 0 aliphatic carbocycles. The van der Waals surface area contributed by atoms with Crippen LogP contribution >= 0.6 is 23.2 Å². The Hall–Kier alpha value is -3.83. The number of likely N-dealkylation sites (tertiary alicyclic amines) is 1. The summed E-state index contributed by atoms with van der Waals surface area (Å²) in [5.74, 6) is 1.53. The molecule has 11 nitrogen and oxygen atoms in total. The number of hydrogen-bond acceptors (Lipinski definition) is 9. The summed E-state index contributed by atoms with van der Waals surface area (Å²) in [4.78, 5) is 27.3. The number of aryl methyl sites for hydroxylation is 1. The molecule has 1 aliphatic heterocycles. The monoisotopic (exact) mass is 585 g/mol. The smallest absolute Gasteiger partial charge is 0.410 e. The molecular weight excluding hydrogens is 557 g/mol. The predicted octanol–water partition coefficient (Wildman–Crippen LogP) is 5.28. The lowest BCUT2D eigenvalue weighted by Gasteiger charge is -2.25. The highest BCUT2D eigenvalue weighted by Gasteiger charge is 2.32. The first-order valence-electron chi connectivity index (χ1n) is 12.6. The number of nitrogen functional groups attached to an aromatic ring is 1. The van der Waals surface area contributed by atoms with Gasteiger partial charge in [-0.3, -0.25) is 4.68 Å². The van der Waals surface area contributed by atoms with E-state index in [1.54, 1.807) is 41.2 Å². The lowest BCUT2D eigenvalue weighted by Crippen LogP contribution is -2.36. The first-order chi connectivity index (χ1) is 19.0. The van der Waals surface area contributed by atoms with Gasteiger partial charge in [-0.05, 0) is 26.8 Å². The Morgan fingerprint density at radius 2 is 1.98 bits per heavy atom. The average Bonchev–Trinajstić information content (AvgIpc) is 3.52. The standard InChI is InChI=1S/C27H29Cl2N7O4/c1-27(2,3)40-26(37)36-9-8-15(11-36)39-19-10-18(38-12-20-33-14-35(4)34-20)22-24(31-13-32-25(22)30)21(19)16-6-5-7-17(28)23(16)29/h5-7,10,13-15H,8-9,11-12H2,1-4H3,(H2,30,31,32)/t15-/m1/s1. The van der Waals surface area contributed by atoms with Gasteiger partial charge in [-0.25, -0.2) is 19.7 Å². The van der Waals surface area contributed by atoms with Crippen molar-refractivity contribution in [1.82, 2.24) is 29.6 Å². The number of rotatable bonds is 6. The van der Waals surface area contributed by atoms with Crippen LogP contribution in [0.1, 0.15) is 33.0 Å². The van der Waals surface area contributed by atoms with E-state index in [0.717, 1.165) is 0 Å². The number of ether oxygens (including phenoxy) is 3. The summed E-state index contributed by atoms with van der Waals surface area (Å²) in [5.41, 5.74) is 7.39. The second-order valence-corrected chi connectivity index (χ2v) is 11.2. The Morgan fingerprint density at radius 1 is 1.18 bits per heavy atom. The molecule has 0 bridgehead atoms. The van der Waals surface area contributed by atoms with Gasteiger partial charge in [0.15, 0.2) is 5.82 Å². The van der Waals surface area contributed by atoms with Gasteiger partial charge in [-0.2, -0.15) is 5.10 Å². The molecule has 2 aromatic carbocycles. The summed E-state index contributed by atoms with van der Waals surface area (Å²) in [6.07, 6.45) is 2.84. The lowest BCUT2D eigenvalue weighted by molar-refractivity contribution is 0.0275. The molecule has 1 saturated heterocycles. The molecule has 1 aliphatic rings. The maximum Gasteiger partial charge on any atom is 0.410 e. The summed E-state index contributed by atoms with van der Waals surface area (Å²) in [6, 6.07) is 7.05. The van der Waals surface area contributed by atoms with Gasteiger partial charge in [-0.1, -0.05) is 35.3 Å². The number of hydrogen-bond donors (Lipinski definition) is 1. The van der Waals surface area contributed by atoms with E-state index in [2.05, 4.69) is 20.1 Å². The molecule has 0 unspecified atom stereocenters. The fraction of sp³-hybridized carbons (Fsp3) is 0.370. The molecule has 1 atom stereocenters. The van der Waals surface area contributed by atoms with E-state index in [9.17, 15) is 4.79 Å². The number of fused-ring (bicyclic) bond motifs is 1. The first kappa shape index (κ1) is 27.7. The highest BCUT2D eigenvalue weighted by Crippen LogP contribution is 2.46. The van der Waals surface area contributed by atoms with E-state index in [-0.39, 0.29) is 24.6 Å². The fourth-order valence-electron chi connectivity index (χ4n) is 4.46. The zero-order valence-electron chi connectivity index (χ0n) is 22.5. The van der Waals surface area contributed by atoms with Crippen LogP contribution < -0.4 is 15.2 Å². The molecule has 2 N–H and O–H groups in total. The molecule has 1 fully saturated rings. The van der Waals surface area contributed by atoms with Crippen molar-refractivity contribution in [3.63, 3.8) is 0 Å². The number of benzene rings is 2. The molecule has 4 aromatic rings. The third-order valence-corrected chi connectivity index (χ3v) is 7.00. The van der Waals surface area contributed by atoms with E-state index in [1.165, 1.54) is 6.33 Å². The van der Waals surface area contributed by atoms with Gasteiger partial charge >= 0.3 is 6.09 Å². The topological polar surface area (TPSA) is 131 Å². The third-order valence-electron chi connectivity index (χ3n) is 6.18. The maximum atomic E-state index is 12.7. The molecule has 13 heteroatoms. The van der Waals surface area contributed by atoms with Crippen LogP contribution in [0.5, 0.6) is 11.5 Å². The van der Waals surface area contributed by atoms with Gasteiger partial charge in [-0.15, -0.1) is 0 Å². The molecular formula is C27H29Cl2N7O4. The van der Waals surface area contributed by atoms with Crippen LogP contribution in [0, 0.1) is 0 Å². The van der Waals surface area contributed by atoms with Crippen LogP contribution in [0.15, 0.2) is 36.9 Å². The van der Waals surface area contributed by atoms with Gasteiger partial charge in [0, 0.05) is 31.6 Å². The molecule has 0 spiro atoms. The van der Waals surface area contributed by atoms with Gasteiger partial charge in [0.05, 0.1) is 33.1 Å². The normalized spacial score (nSPS) is 15.4. The summed E-state index contributed by atoms with van der Waals surface area (Å²) >= 11 is 13.1. The number of carbonyl (C=O) groups excluding carboxylic acids is 1. The van der Waals surface area contributed by atoms with Gasteiger partial charge in [0.1, 0.15) is 48.3 Å². The number of halogens is 2. The van der Waals surface area contributed by atoms with Crippen molar-refractivity contribution in [3.05, 3.63) is 52.8 Å². The van der Waals surface area contributed by atoms with Crippen LogP contribution in [0.3, 0.4) is 0 Å². The second-order valence-electron chi connectivity index (χ2n) is 10.4. The van der Waals surface area contributed by atoms with Crippen molar-refractivity contribution in [2.45, 2.75) is 45.5 Å². The van der Waals surface area contributed by atoms with Gasteiger partial charge < -0.3 is 24.8 Å². The number of anilines is 1. The quantitative estimate of drug-likeness (QED) is 0.321. The van der Waals surface area contributed by atoms with Crippen molar-refractivity contribution >= 4 is 46.0 Å². The van der Waals surface area contributed by atoms with Crippen molar-refractivity contribution in [3.8, 4) is 22.6 Å². The predicted molar refractivity (Wildman–Crippen MR) is 152 cm³/mol. The Kier molecular flexibility index (Phi) is 7.61. The number of aromatic nitrogens is 5. The Balaban J connectivity index is 1.57. The van der Waals surface area contributed by atoms with Crippen molar-refractivity contribution in [1.29, 1.82) is 0 Å². The van der Waals surface area contributed by atoms with E-state index >= 15 is 0 Å². The highest BCUT2D eigenvalue weighted by atomic mass is 35.5. The number of amides is 1. The maximum absolute atomic E-state index is 12.7. The minimum atomic E-state index is -0.598. The second kappa shape index (κ2) is 11.0. The molecule has 40 heavy (non-hydrogen) atoms. The third kappa shape index (κ3) is 5.85. The largest absolute Gasteiger partial charge is 0.488 e. The fourth-order valence-corrected chi connectivity index (χ4v) is 4.86. The van der Waals surface area contributed by atoms with E-state index in [4.69, 9.17) is 43.1 Å². The van der Waals surface area contributed by atoms with Crippen LogP contribution in [0.4, 0.5) is 10.6 Å². The molecule has 1 amide bonds. The van der Waals surface area contributed by atoms with Crippen LogP contribution in [-0.4, -0.2) is 60.5 Å². The minimum absolute atomic E-state index is 0.0802. The minimum Gasteiger partial charge on any atom is -0.488 e. The molecule has 0 radical (unpaired) electrons. The zero-order valence-corrected chi connectivity index (χ0v) is 24.0. The molecule has 0 saturated carbocycles. The molecule has 3 heterocycles. The SMILES string of the molecule is Cn1cnc(COc2cc(O[C@@H]3CCN(C(=O)OC(C)(C)C)C3)c(-c3cccc(Cl)c3Cl)c3ncnc(N)c23)n1. The number of nitrogens with zero attached hydrogens (tertiary/aromatic N) is 6. The van der Waals surface area contributed by atoms with E-state index in [1.807, 2.05) is 26.8 Å². The summed E-state index contributed by atoms with van der Waals surface area (Å²) in [7, 11) is 1.77. The Bertz CT molecular complexity index is 1570. The summed E-state index contributed by atoms with van der Waals surface area (Å²) < 4.78 is 19.8. The first-order valence-corrected chi connectivity index (χ1v) is 13.4. The highest BCUT2D eigenvalue weighted by molar-refractivity contribution is 6.44. The zero-order chi connectivity index (χ0) is 28.6. The van der Waals surface area contributed by atoms with Crippen LogP contribution in [-0.2, 0) is 18.4 Å². The Labute approximate surface area is 241 Å². The van der Waals surface area contributed by atoms with Crippen LogP contribution in [0.2, 0.25) is 10.0 Å². The van der Waals surface area contributed by atoms with Crippen molar-refractivity contribution < 1.29 is 19.0 Å². The van der Waals surface area contributed by atoms with Gasteiger partial charge in [0.2, 0.25) is 0 Å². The van der Waals surface area contributed by atoms with E-state index in [0.29, 0.717) is 68.9 Å². The number of carbonyl (C=O) groups is 1. The summed E-state index contributed by atoms with van der Waals surface area (Å²) in [6.45, 7) is 6.42. The van der Waals surface area contributed by atoms with Gasteiger partial charge in [0.25, 0.3) is 0 Å². The van der Waals surface area contributed by atoms with Crippen molar-refractivity contribution in [2.75, 3.05) is 18.8 Å². The summed E-state index contributed by atoms with van der Waals surface area (Å²) in [5, 5.41) is 5.47. The number of nitrogens with two attached hydrogens (primary N) is 1.